The molecule has 0 saturated carbocycles. The molecule has 88 valence electrons. The van der Waals surface area contributed by atoms with Crippen molar-refractivity contribution in [3.05, 3.63) is 18.5 Å². The van der Waals surface area contributed by atoms with E-state index in [1.807, 2.05) is 0 Å². The van der Waals surface area contributed by atoms with E-state index >= 15 is 0 Å². The lowest BCUT2D eigenvalue weighted by Crippen LogP contribution is -2.29. The Morgan fingerprint density at radius 2 is 2.25 bits per heavy atom. The number of hydrogen-bond acceptors (Lipinski definition) is 4. The van der Waals surface area contributed by atoms with Crippen molar-refractivity contribution in [3.63, 3.8) is 0 Å². The lowest BCUT2D eigenvalue weighted by molar-refractivity contribution is 0.259. The molecule has 2 rings (SSSR count). The minimum atomic E-state index is 0.490. The molecule has 1 saturated heterocycles. The van der Waals surface area contributed by atoms with Crippen LogP contribution in [0.3, 0.4) is 0 Å². The highest BCUT2D eigenvalue weighted by molar-refractivity contribution is 4.92. The first-order valence-corrected chi connectivity index (χ1v) is 6.05. The van der Waals surface area contributed by atoms with Crippen LogP contribution in [-0.4, -0.2) is 29.7 Å². The summed E-state index contributed by atoms with van der Waals surface area (Å²) in [6.45, 7) is 3.08. The molecule has 0 amide bonds. The van der Waals surface area contributed by atoms with Crippen molar-refractivity contribution in [1.82, 2.24) is 15.3 Å². The van der Waals surface area contributed by atoms with Crippen LogP contribution in [0, 0.1) is 5.92 Å². The monoisotopic (exact) mass is 221 g/mol. The van der Waals surface area contributed by atoms with Crippen LogP contribution in [0.1, 0.15) is 25.7 Å². The van der Waals surface area contributed by atoms with E-state index in [9.17, 15) is 0 Å². The van der Waals surface area contributed by atoms with Crippen LogP contribution >= 0.6 is 0 Å². The van der Waals surface area contributed by atoms with Gasteiger partial charge in [0.15, 0.2) is 0 Å². The van der Waals surface area contributed by atoms with Gasteiger partial charge in [0.25, 0.3) is 0 Å². The topological polar surface area (TPSA) is 47.0 Å². The van der Waals surface area contributed by atoms with Gasteiger partial charge in [-0.15, -0.1) is 0 Å². The molecule has 4 heteroatoms. The molecular formula is C12H19N3O. The molecule has 0 aliphatic carbocycles. The second-order valence-corrected chi connectivity index (χ2v) is 4.23. The Morgan fingerprint density at radius 3 is 3.00 bits per heavy atom. The SMILES string of the molecule is c1cnc(OCCC[C@@H]2CCCNC2)nc1. The number of aromatic nitrogens is 2. The number of nitrogens with one attached hydrogen (secondary N) is 1. The van der Waals surface area contributed by atoms with E-state index in [2.05, 4.69) is 15.3 Å². The van der Waals surface area contributed by atoms with Crippen LogP contribution in [0.15, 0.2) is 18.5 Å². The number of ether oxygens (including phenoxy) is 1. The maximum Gasteiger partial charge on any atom is 0.316 e. The van der Waals surface area contributed by atoms with Gasteiger partial charge in [0.1, 0.15) is 0 Å². The van der Waals surface area contributed by atoms with Crippen molar-refractivity contribution in [2.45, 2.75) is 25.7 Å². The molecule has 1 aliphatic heterocycles. The van der Waals surface area contributed by atoms with Crippen LogP contribution in [0.4, 0.5) is 0 Å². The molecule has 0 radical (unpaired) electrons. The van der Waals surface area contributed by atoms with Gasteiger partial charge < -0.3 is 10.1 Å². The highest BCUT2D eigenvalue weighted by atomic mass is 16.5. The summed E-state index contributed by atoms with van der Waals surface area (Å²) in [6.07, 6.45) is 8.40. The van der Waals surface area contributed by atoms with Gasteiger partial charge in [-0.25, -0.2) is 9.97 Å². The Morgan fingerprint density at radius 1 is 1.38 bits per heavy atom. The minimum Gasteiger partial charge on any atom is -0.463 e. The van der Waals surface area contributed by atoms with Gasteiger partial charge in [-0.05, 0) is 50.8 Å². The van der Waals surface area contributed by atoms with Gasteiger partial charge >= 0.3 is 6.01 Å². The van der Waals surface area contributed by atoms with Crippen LogP contribution in [0.2, 0.25) is 0 Å². The molecule has 0 aromatic carbocycles. The van der Waals surface area contributed by atoms with E-state index < -0.39 is 0 Å². The zero-order valence-corrected chi connectivity index (χ0v) is 9.56. The summed E-state index contributed by atoms with van der Waals surface area (Å²) >= 11 is 0. The summed E-state index contributed by atoms with van der Waals surface area (Å²) in [5.74, 6) is 0.828. The van der Waals surface area contributed by atoms with E-state index in [0.717, 1.165) is 18.9 Å². The minimum absolute atomic E-state index is 0.490. The Labute approximate surface area is 96.4 Å². The number of piperidine rings is 1. The summed E-state index contributed by atoms with van der Waals surface area (Å²) in [5, 5.41) is 3.43. The van der Waals surface area contributed by atoms with Crippen LogP contribution in [-0.2, 0) is 0 Å². The molecule has 1 fully saturated rings. The maximum absolute atomic E-state index is 5.45. The molecular weight excluding hydrogens is 202 g/mol. The van der Waals surface area contributed by atoms with Crippen molar-refractivity contribution in [2.24, 2.45) is 5.92 Å². The summed E-state index contributed by atoms with van der Waals surface area (Å²) in [5.41, 5.74) is 0. The molecule has 4 nitrogen and oxygen atoms in total. The average molecular weight is 221 g/mol. The summed E-state index contributed by atoms with van der Waals surface area (Å²) in [7, 11) is 0. The lowest BCUT2D eigenvalue weighted by atomic mass is 9.95. The Kier molecular flexibility index (Phi) is 4.55. The molecule has 16 heavy (non-hydrogen) atoms. The molecule has 2 heterocycles. The fourth-order valence-corrected chi connectivity index (χ4v) is 2.07. The van der Waals surface area contributed by atoms with Crippen molar-refractivity contribution >= 4 is 0 Å². The third-order valence-corrected chi connectivity index (χ3v) is 2.93. The Balaban J connectivity index is 1.58. The van der Waals surface area contributed by atoms with Crippen molar-refractivity contribution in [1.29, 1.82) is 0 Å². The number of rotatable bonds is 5. The number of hydrogen-bond donors (Lipinski definition) is 1. The maximum atomic E-state index is 5.45. The normalized spacial score (nSPS) is 20.6. The van der Waals surface area contributed by atoms with Crippen LogP contribution < -0.4 is 10.1 Å². The second kappa shape index (κ2) is 6.43. The summed E-state index contributed by atoms with van der Waals surface area (Å²) in [4.78, 5) is 8.03. The van der Waals surface area contributed by atoms with E-state index in [1.165, 1.54) is 32.4 Å². The van der Waals surface area contributed by atoms with Gasteiger partial charge in [-0.3, -0.25) is 0 Å². The molecule has 0 spiro atoms. The van der Waals surface area contributed by atoms with Crippen LogP contribution in [0.5, 0.6) is 6.01 Å². The quantitative estimate of drug-likeness (QED) is 0.768. The molecule has 1 N–H and O–H groups in total. The summed E-state index contributed by atoms with van der Waals surface area (Å²) < 4.78 is 5.45. The van der Waals surface area contributed by atoms with Gasteiger partial charge in [0.2, 0.25) is 0 Å². The zero-order chi connectivity index (χ0) is 11.1. The van der Waals surface area contributed by atoms with E-state index in [0.29, 0.717) is 6.01 Å². The molecule has 1 atom stereocenters. The highest BCUT2D eigenvalue weighted by Crippen LogP contribution is 2.15. The molecule has 0 bridgehead atoms. The Bertz CT molecular complexity index is 286. The van der Waals surface area contributed by atoms with Crippen molar-refractivity contribution < 1.29 is 4.74 Å². The van der Waals surface area contributed by atoms with E-state index in [4.69, 9.17) is 4.74 Å². The first-order chi connectivity index (χ1) is 7.95. The standard InChI is InChI=1S/C12H19N3O/c1-4-11(10-13-6-1)5-2-9-16-12-14-7-3-8-15-12/h3,7-8,11,13H,1-2,4-6,9-10H2/t11-/m0/s1. The van der Waals surface area contributed by atoms with Gasteiger partial charge in [0, 0.05) is 12.4 Å². The fraction of sp³-hybridized carbons (Fsp3) is 0.667. The first kappa shape index (κ1) is 11.3. The zero-order valence-electron chi connectivity index (χ0n) is 9.56. The second-order valence-electron chi connectivity index (χ2n) is 4.23. The fourth-order valence-electron chi connectivity index (χ4n) is 2.07. The Hall–Kier alpha value is -1.16. The smallest absolute Gasteiger partial charge is 0.316 e. The molecule has 1 aromatic heterocycles. The summed E-state index contributed by atoms with van der Waals surface area (Å²) in [6, 6.07) is 2.28. The predicted octanol–water partition coefficient (Wildman–Crippen LogP) is 1.64. The first-order valence-electron chi connectivity index (χ1n) is 6.05. The predicted molar refractivity (Wildman–Crippen MR) is 62.4 cm³/mol. The lowest BCUT2D eigenvalue weighted by Gasteiger charge is -2.22. The number of nitrogens with zero attached hydrogens (tertiary/aromatic N) is 2. The van der Waals surface area contributed by atoms with Gasteiger partial charge in [0.05, 0.1) is 6.61 Å². The van der Waals surface area contributed by atoms with Gasteiger partial charge in [-0.1, -0.05) is 0 Å². The third-order valence-electron chi connectivity index (χ3n) is 2.93. The van der Waals surface area contributed by atoms with E-state index in [1.54, 1.807) is 18.5 Å². The molecule has 0 unspecified atom stereocenters. The van der Waals surface area contributed by atoms with Crippen LogP contribution in [0.25, 0.3) is 0 Å². The largest absolute Gasteiger partial charge is 0.463 e. The highest BCUT2D eigenvalue weighted by Gasteiger charge is 2.12. The van der Waals surface area contributed by atoms with E-state index in [-0.39, 0.29) is 0 Å². The van der Waals surface area contributed by atoms with Crippen molar-refractivity contribution in [3.8, 4) is 6.01 Å². The molecule has 1 aromatic rings. The average Bonchev–Trinajstić information content (AvgIpc) is 2.37. The molecule has 1 aliphatic rings. The van der Waals surface area contributed by atoms with Gasteiger partial charge in [-0.2, -0.15) is 0 Å². The third kappa shape index (κ3) is 3.77. The van der Waals surface area contributed by atoms with Crippen molar-refractivity contribution in [2.75, 3.05) is 19.7 Å².